The molecule has 0 fully saturated rings. The van der Waals surface area contributed by atoms with Crippen molar-refractivity contribution < 1.29 is 8.42 Å². The van der Waals surface area contributed by atoms with E-state index in [1.807, 2.05) is 12.1 Å². The number of benzene rings is 1. The third-order valence-electron chi connectivity index (χ3n) is 2.49. The zero-order valence-corrected chi connectivity index (χ0v) is 11.2. The summed E-state index contributed by atoms with van der Waals surface area (Å²) >= 11 is 0. The van der Waals surface area contributed by atoms with Crippen LogP contribution in [0.3, 0.4) is 0 Å². The van der Waals surface area contributed by atoms with Gasteiger partial charge in [-0.3, -0.25) is 4.31 Å². The van der Waals surface area contributed by atoms with Gasteiger partial charge in [0, 0.05) is 27.2 Å². The van der Waals surface area contributed by atoms with E-state index in [9.17, 15) is 8.42 Å². The molecule has 0 bridgehead atoms. The largest absolute Gasteiger partial charge is 0.326 e. The molecule has 1 aromatic rings. The third kappa shape index (κ3) is 2.96. The summed E-state index contributed by atoms with van der Waals surface area (Å²) < 4.78 is 26.6. The van der Waals surface area contributed by atoms with E-state index in [1.54, 1.807) is 19.1 Å². The first-order valence-electron chi connectivity index (χ1n) is 5.42. The van der Waals surface area contributed by atoms with Gasteiger partial charge in [0.15, 0.2) is 0 Å². The maximum absolute atomic E-state index is 12.0. The Morgan fingerprint density at radius 1 is 1.18 bits per heavy atom. The second-order valence-corrected chi connectivity index (χ2v) is 5.89. The molecular weight excluding hydrogens is 238 g/mol. The van der Waals surface area contributed by atoms with Crippen molar-refractivity contribution in [1.82, 2.24) is 4.31 Å². The van der Waals surface area contributed by atoms with Crippen molar-refractivity contribution >= 4 is 15.9 Å². The zero-order valence-electron chi connectivity index (χ0n) is 10.4. The van der Waals surface area contributed by atoms with E-state index in [4.69, 9.17) is 5.73 Å². The maximum atomic E-state index is 12.0. The number of nitrogens with two attached hydrogens (primary N) is 1. The zero-order chi connectivity index (χ0) is 13.1. The van der Waals surface area contributed by atoms with Crippen LogP contribution in [-0.4, -0.2) is 33.4 Å². The fraction of sp³-hybridized carbons (Fsp3) is 0.455. The quantitative estimate of drug-likeness (QED) is 0.847. The van der Waals surface area contributed by atoms with Crippen LogP contribution in [0.15, 0.2) is 24.3 Å². The molecule has 0 spiro atoms. The van der Waals surface area contributed by atoms with Gasteiger partial charge in [-0.1, -0.05) is 12.1 Å². The van der Waals surface area contributed by atoms with Crippen LogP contribution < -0.4 is 10.0 Å². The molecule has 0 aliphatic heterocycles. The predicted octanol–water partition coefficient (Wildman–Crippen LogP) is 0.778. The minimum atomic E-state index is -3.43. The molecule has 0 aliphatic carbocycles. The smallest absolute Gasteiger partial charge is 0.303 e. The van der Waals surface area contributed by atoms with Crippen molar-refractivity contribution in [2.24, 2.45) is 5.73 Å². The van der Waals surface area contributed by atoms with Crippen LogP contribution in [0.25, 0.3) is 0 Å². The van der Waals surface area contributed by atoms with Crippen molar-refractivity contribution in [3.05, 3.63) is 29.8 Å². The van der Waals surface area contributed by atoms with E-state index in [1.165, 1.54) is 22.7 Å². The van der Waals surface area contributed by atoms with Crippen LogP contribution in [0, 0.1) is 0 Å². The van der Waals surface area contributed by atoms with Crippen LogP contribution in [0.1, 0.15) is 12.5 Å². The molecule has 0 amide bonds. The summed E-state index contributed by atoms with van der Waals surface area (Å²) in [5.74, 6) is 0. The van der Waals surface area contributed by atoms with Crippen molar-refractivity contribution in [3.63, 3.8) is 0 Å². The number of hydrogen-bond acceptors (Lipinski definition) is 3. The molecule has 0 saturated heterocycles. The molecule has 1 aromatic carbocycles. The maximum Gasteiger partial charge on any atom is 0.303 e. The lowest BCUT2D eigenvalue weighted by molar-refractivity contribution is 0.516. The Morgan fingerprint density at radius 3 is 2.06 bits per heavy atom. The Balaban J connectivity index is 3.10. The van der Waals surface area contributed by atoms with E-state index in [0.29, 0.717) is 18.8 Å². The highest BCUT2D eigenvalue weighted by atomic mass is 32.2. The van der Waals surface area contributed by atoms with Gasteiger partial charge in [0.2, 0.25) is 0 Å². The minimum Gasteiger partial charge on any atom is -0.326 e. The van der Waals surface area contributed by atoms with Crippen LogP contribution in [0.2, 0.25) is 0 Å². The van der Waals surface area contributed by atoms with Gasteiger partial charge < -0.3 is 5.73 Å². The first-order valence-corrected chi connectivity index (χ1v) is 6.82. The van der Waals surface area contributed by atoms with Gasteiger partial charge in [-0.05, 0) is 24.6 Å². The summed E-state index contributed by atoms with van der Waals surface area (Å²) in [6.07, 6.45) is 0. The monoisotopic (exact) mass is 257 g/mol. The lowest BCUT2D eigenvalue weighted by Crippen LogP contribution is -2.40. The molecule has 0 aliphatic rings. The number of anilines is 1. The molecule has 0 saturated carbocycles. The Labute approximate surface area is 103 Å². The lowest BCUT2D eigenvalue weighted by atomic mass is 10.2. The van der Waals surface area contributed by atoms with Crippen molar-refractivity contribution in [3.8, 4) is 0 Å². The van der Waals surface area contributed by atoms with Gasteiger partial charge in [0.1, 0.15) is 0 Å². The molecule has 6 heteroatoms. The first-order chi connectivity index (χ1) is 7.93. The molecule has 0 unspecified atom stereocenters. The normalized spacial score (nSPS) is 11.8. The molecule has 0 atom stereocenters. The average Bonchev–Trinajstić information content (AvgIpc) is 2.30. The van der Waals surface area contributed by atoms with E-state index < -0.39 is 10.2 Å². The van der Waals surface area contributed by atoms with Crippen LogP contribution in [0.4, 0.5) is 5.69 Å². The first kappa shape index (κ1) is 14.0. The Kier molecular flexibility index (Phi) is 4.50. The molecule has 0 radical (unpaired) electrons. The highest BCUT2D eigenvalue weighted by molar-refractivity contribution is 7.90. The van der Waals surface area contributed by atoms with Gasteiger partial charge in [0.25, 0.3) is 0 Å². The summed E-state index contributed by atoms with van der Waals surface area (Å²) in [5, 5.41) is 0. The Hall–Kier alpha value is -1.11. The molecule has 1 rings (SSSR count). The standard InChI is InChI=1S/C11H19N3O2S/c1-4-14(17(15,16)13(2)3)11-7-5-10(9-12)6-8-11/h5-8H,4,9,12H2,1-3H3. The summed E-state index contributed by atoms with van der Waals surface area (Å²) in [5.41, 5.74) is 7.13. The Morgan fingerprint density at radius 2 is 1.71 bits per heavy atom. The number of hydrogen-bond donors (Lipinski definition) is 1. The van der Waals surface area contributed by atoms with E-state index in [-0.39, 0.29) is 0 Å². The lowest BCUT2D eigenvalue weighted by Gasteiger charge is -2.26. The van der Waals surface area contributed by atoms with Crippen molar-refractivity contribution in [2.75, 3.05) is 24.9 Å². The van der Waals surface area contributed by atoms with E-state index in [0.717, 1.165) is 5.56 Å². The third-order valence-corrected chi connectivity index (χ3v) is 4.44. The van der Waals surface area contributed by atoms with E-state index in [2.05, 4.69) is 0 Å². The molecule has 2 N–H and O–H groups in total. The average molecular weight is 257 g/mol. The van der Waals surface area contributed by atoms with Crippen molar-refractivity contribution in [2.45, 2.75) is 13.5 Å². The van der Waals surface area contributed by atoms with Crippen LogP contribution in [0.5, 0.6) is 0 Å². The van der Waals surface area contributed by atoms with Gasteiger partial charge in [0.05, 0.1) is 5.69 Å². The second-order valence-electron chi connectivity index (χ2n) is 3.83. The van der Waals surface area contributed by atoms with Gasteiger partial charge in [-0.2, -0.15) is 12.7 Å². The van der Waals surface area contributed by atoms with Gasteiger partial charge >= 0.3 is 10.2 Å². The second kappa shape index (κ2) is 5.48. The SMILES string of the molecule is CCN(c1ccc(CN)cc1)S(=O)(=O)N(C)C. The van der Waals surface area contributed by atoms with Gasteiger partial charge in [-0.15, -0.1) is 0 Å². The van der Waals surface area contributed by atoms with Crippen LogP contribution in [-0.2, 0) is 16.8 Å². The highest BCUT2D eigenvalue weighted by Gasteiger charge is 2.22. The molecule has 96 valence electrons. The highest BCUT2D eigenvalue weighted by Crippen LogP contribution is 2.19. The minimum absolute atomic E-state index is 0.391. The number of rotatable bonds is 5. The summed E-state index contributed by atoms with van der Waals surface area (Å²) in [6, 6.07) is 7.21. The fourth-order valence-electron chi connectivity index (χ4n) is 1.47. The fourth-order valence-corrected chi connectivity index (χ4v) is 2.58. The van der Waals surface area contributed by atoms with Crippen molar-refractivity contribution in [1.29, 1.82) is 0 Å². The molecule has 5 nitrogen and oxygen atoms in total. The molecule has 0 heterocycles. The summed E-state index contributed by atoms with van der Waals surface area (Å²) in [6.45, 7) is 2.65. The van der Waals surface area contributed by atoms with Crippen LogP contribution >= 0.6 is 0 Å². The van der Waals surface area contributed by atoms with Gasteiger partial charge in [-0.25, -0.2) is 0 Å². The topological polar surface area (TPSA) is 66.6 Å². The Bertz CT molecular complexity index is 454. The van der Waals surface area contributed by atoms with E-state index >= 15 is 0 Å². The number of nitrogens with zero attached hydrogens (tertiary/aromatic N) is 2. The summed E-state index contributed by atoms with van der Waals surface area (Å²) in [4.78, 5) is 0. The predicted molar refractivity (Wildman–Crippen MR) is 70.0 cm³/mol. The molecule has 17 heavy (non-hydrogen) atoms. The molecule has 0 aromatic heterocycles. The summed E-state index contributed by atoms with van der Waals surface area (Å²) in [7, 11) is -0.386. The molecular formula is C11H19N3O2S.